The minimum Gasteiger partial charge on any atom is -0.493 e. The molecule has 0 saturated heterocycles. The lowest BCUT2D eigenvalue weighted by Crippen LogP contribution is -1.94. The highest BCUT2D eigenvalue weighted by atomic mass is 16.5. The number of fused-ring (bicyclic) bond motifs is 1. The molecule has 1 aromatic heterocycles. The van der Waals surface area contributed by atoms with E-state index >= 15 is 0 Å². The van der Waals surface area contributed by atoms with E-state index < -0.39 is 0 Å². The van der Waals surface area contributed by atoms with Crippen LogP contribution in [0.3, 0.4) is 0 Å². The smallest absolute Gasteiger partial charge is 0.169 e. The van der Waals surface area contributed by atoms with Crippen molar-refractivity contribution < 1.29 is 9.47 Å². The Labute approximate surface area is 128 Å². The van der Waals surface area contributed by atoms with E-state index in [1.807, 2.05) is 48.0 Å². The SMILES string of the molecule is COc1cccc(C=Nc2ccc3c(c2)ncn3C)c1OC. The van der Waals surface area contributed by atoms with Crippen molar-refractivity contribution in [1.29, 1.82) is 0 Å². The number of aryl methyl sites for hydroxylation is 1. The Bertz CT molecular complexity index is 837. The maximum Gasteiger partial charge on any atom is 0.169 e. The first kappa shape index (κ1) is 14.1. The number of para-hydroxylation sites is 1. The fourth-order valence-electron chi connectivity index (χ4n) is 2.36. The zero-order valence-electron chi connectivity index (χ0n) is 12.8. The predicted octanol–water partition coefficient (Wildman–Crippen LogP) is 3.34. The summed E-state index contributed by atoms with van der Waals surface area (Å²) in [5.41, 5.74) is 3.71. The molecule has 0 saturated carbocycles. The van der Waals surface area contributed by atoms with Gasteiger partial charge in [0, 0.05) is 18.8 Å². The Morgan fingerprint density at radius 2 is 2.00 bits per heavy atom. The Kier molecular flexibility index (Phi) is 3.78. The number of imidazole rings is 1. The van der Waals surface area contributed by atoms with Gasteiger partial charge in [-0.2, -0.15) is 0 Å². The first-order valence-electron chi connectivity index (χ1n) is 6.89. The monoisotopic (exact) mass is 295 g/mol. The maximum absolute atomic E-state index is 5.40. The first-order chi connectivity index (χ1) is 10.7. The Balaban J connectivity index is 1.95. The van der Waals surface area contributed by atoms with Crippen molar-refractivity contribution in [3.63, 3.8) is 0 Å². The largest absolute Gasteiger partial charge is 0.493 e. The normalized spacial score (nSPS) is 11.2. The van der Waals surface area contributed by atoms with Crippen LogP contribution in [0.2, 0.25) is 0 Å². The quantitative estimate of drug-likeness (QED) is 0.694. The molecule has 0 amide bonds. The summed E-state index contributed by atoms with van der Waals surface area (Å²) in [4.78, 5) is 8.85. The van der Waals surface area contributed by atoms with Crippen molar-refractivity contribution in [3.05, 3.63) is 48.3 Å². The average molecular weight is 295 g/mol. The van der Waals surface area contributed by atoms with Crippen molar-refractivity contribution in [3.8, 4) is 11.5 Å². The van der Waals surface area contributed by atoms with Crippen LogP contribution in [0.5, 0.6) is 11.5 Å². The van der Waals surface area contributed by atoms with Gasteiger partial charge in [0.05, 0.1) is 37.3 Å². The summed E-state index contributed by atoms with van der Waals surface area (Å²) in [6.07, 6.45) is 3.56. The highest BCUT2D eigenvalue weighted by Crippen LogP contribution is 2.30. The van der Waals surface area contributed by atoms with Gasteiger partial charge >= 0.3 is 0 Å². The van der Waals surface area contributed by atoms with Gasteiger partial charge in [-0.3, -0.25) is 4.99 Å². The molecular weight excluding hydrogens is 278 g/mol. The van der Waals surface area contributed by atoms with Crippen LogP contribution in [0.4, 0.5) is 5.69 Å². The summed E-state index contributed by atoms with van der Waals surface area (Å²) >= 11 is 0. The van der Waals surface area contributed by atoms with Gasteiger partial charge in [0.1, 0.15) is 0 Å². The molecule has 0 unspecified atom stereocenters. The van der Waals surface area contributed by atoms with Crippen LogP contribution in [0.1, 0.15) is 5.56 Å². The number of aromatic nitrogens is 2. The first-order valence-corrected chi connectivity index (χ1v) is 6.89. The topological polar surface area (TPSA) is 48.6 Å². The van der Waals surface area contributed by atoms with Crippen molar-refractivity contribution >= 4 is 22.9 Å². The van der Waals surface area contributed by atoms with Gasteiger partial charge in [-0.15, -0.1) is 0 Å². The highest BCUT2D eigenvalue weighted by molar-refractivity contribution is 5.88. The van der Waals surface area contributed by atoms with E-state index in [9.17, 15) is 0 Å². The predicted molar refractivity (Wildman–Crippen MR) is 87.5 cm³/mol. The molecule has 5 nitrogen and oxygen atoms in total. The zero-order chi connectivity index (χ0) is 15.5. The summed E-state index contributed by atoms with van der Waals surface area (Å²) in [6.45, 7) is 0. The third-order valence-corrected chi connectivity index (χ3v) is 3.50. The molecule has 3 rings (SSSR count). The summed E-state index contributed by atoms with van der Waals surface area (Å²) in [6, 6.07) is 11.6. The molecule has 0 spiro atoms. The van der Waals surface area contributed by atoms with Gasteiger partial charge < -0.3 is 14.0 Å². The van der Waals surface area contributed by atoms with E-state index in [1.165, 1.54) is 0 Å². The van der Waals surface area contributed by atoms with E-state index in [4.69, 9.17) is 9.47 Å². The summed E-state index contributed by atoms with van der Waals surface area (Å²) in [5.74, 6) is 1.36. The second kappa shape index (κ2) is 5.89. The molecule has 3 aromatic rings. The second-order valence-electron chi connectivity index (χ2n) is 4.87. The van der Waals surface area contributed by atoms with Gasteiger partial charge in [0.2, 0.25) is 0 Å². The number of hydrogen-bond acceptors (Lipinski definition) is 4. The average Bonchev–Trinajstić information content (AvgIpc) is 2.93. The van der Waals surface area contributed by atoms with Crippen molar-refractivity contribution in [2.75, 3.05) is 14.2 Å². The molecule has 2 aromatic carbocycles. The van der Waals surface area contributed by atoms with Crippen LogP contribution in [-0.2, 0) is 7.05 Å². The molecule has 0 radical (unpaired) electrons. The van der Waals surface area contributed by atoms with Crippen LogP contribution in [0, 0.1) is 0 Å². The van der Waals surface area contributed by atoms with E-state index in [0.717, 1.165) is 22.3 Å². The fourth-order valence-corrected chi connectivity index (χ4v) is 2.36. The summed E-state index contributed by atoms with van der Waals surface area (Å²) < 4.78 is 12.7. The van der Waals surface area contributed by atoms with Crippen molar-refractivity contribution in [2.45, 2.75) is 0 Å². The number of hydrogen-bond donors (Lipinski definition) is 0. The number of nitrogens with zero attached hydrogens (tertiary/aromatic N) is 3. The molecule has 0 bridgehead atoms. The van der Waals surface area contributed by atoms with Gasteiger partial charge in [-0.1, -0.05) is 6.07 Å². The molecule has 112 valence electrons. The van der Waals surface area contributed by atoms with Crippen LogP contribution in [-0.4, -0.2) is 30.0 Å². The van der Waals surface area contributed by atoms with E-state index in [1.54, 1.807) is 26.8 Å². The van der Waals surface area contributed by atoms with Gasteiger partial charge in [-0.25, -0.2) is 4.98 Å². The lowest BCUT2D eigenvalue weighted by atomic mass is 10.2. The molecular formula is C17H17N3O2. The van der Waals surface area contributed by atoms with Crippen LogP contribution < -0.4 is 9.47 Å². The molecule has 22 heavy (non-hydrogen) atoms. The van der Waals surface area contributed by atoms with Gasteiger partial charge in [0.25, 0.3) is 0 Å². The minimum absolute atomic E-state index is 0.674. The molecule has 0 atom stereocenters. The molecule has 0 aliphatic heterocycles. The third kappa shape index (κ3) is 2.53. The number of aliphatic imine (C=N–C) groups is 1. The van der Waals surface area contributed by atoms with Gasteiger partial charge in [0.15, 0.2) is 11.5 Å². The standard InChI is InChI=1S/C17H17N3O2/c1-20-11-19-14-9-13(7-8-15(14)20)18-10-12-5-4-6-16(21-2)17(12)22-3/h4-11H,1-3H3. The molecule has 0 aliphatic carbocycles. The van der Waals surface area contributed by atoms with E-state index in [2.05, 4.69) is 9.98 Å². The molecule has 5 heteroatoms. The Morgan fingerprint density at radius 1 is 1.14 bits per heavy atom. The fraction of sp³-hybridized carbons (Fsp3) is 0.176. The van der Waals surface area contributed by atoms with Crippen molar-refractivity contribution in [2.24, 2.45) is 12.0 Å². The van der Waals surface area contributed by atoms with Crippen LogP contribution >= 0.6 is 0 Å². The number of ether oxygens (including phenoxy) is 2. The molecule has 0 N–H and O–H groups in total. The summed E-state index contributed by atoms with van der Waals surface area (Å²) in [5, 5.41) is 0. The highest BCUT2D eigenvalue weighted by Gasteiger charge is 2.07. The van der Waals surface area contributed by atoms with E-state index in [-0.39, 0.29) is 0 Å². The minimum atomic E-state index is 0.674. The van der Waals surface area contributed by atoms with E-state index in [0.29, 0.717) is 11.5 Å². The molecule has 0 aliphatic rings. The number of methoxy groups -OCH3 is 2. The molecule has 0 fully saturated rings. The Hall–Kier alpha value is -2.82. The van der Waals surface area contributed by atoms with Gasteiger partial charge in [-0.05, 0) is 30.3 Å². The lowest BCUT2D eigenvalue weighted by Gasteiger charge is -2.09. The van der Waals surface area contributed by atoms with Crippen LogP contribution in [0.15, 0.2) is 47.7 Å². The molecule has 1 heterocycles. The number of benzene rings is 2. The third-order valence-electron chi connectivity index (χ3n) is 3.50. The van der Waals surface area contributed by atoms with Crippen molar-refractivity contribution in [1.82, 2.24) is 9.55 Å². The Morgan fingerprint density at radius 3 is 2.77 bits per heavy atom. The van der Waals surface area contributed by atoms with Crippen LogP contribution in [0.25, 0.3) is 11.0 Å². The maximum atomic E-state index is 5.40. The second-order valence-corrected chi connectivity index (χ2v) is 4.87. The lowest BCUT2D eigenvalue weighted by molar-refractivity contribution is 0.354. The number of rotatable bonds is 4. The zero-order valence-corrected chi connectivity index (χ0v) is 12.8. The summed E-state index contributed by atoms with van der Waals surface area (Å²) in [7, 11) is 5.21.